The molecule has 0 fully saturated rings. The summed E-state index contributed by atoms with van der Waals surface area (Å²) in [4.78, 5) is 0. The highest BCUT2D eigenvalue weighted by Crippen LogP contribution is 2.35. The van der Waals surface area contributed by atoms with Crippen molar-refractivity contribution in [2.75, 3.05) is 7.11 Å². The smallest absolute Gasteiger partial charge is 0.122 e. The van der Waals surface area contributed by atoms with Crippen LogP contribution in [0.4, 0.5) is 0 Å². The molecule has 0 aliphatic heterocycles. The molecule has 1 aromatic rings. The molecule has 21 heavy (non-hydrogen) atoms. The van der Waals surface area contributed by atoms with Crippen molar-refractivity contribution < 1.29 is 4.74 Å². The van der Waals surface area contributed by atoms with Gasteiger partial charge in [-0.25, -0.2) is 0 Å². The molecule has 0 unspecified atom stereocenters. The molecule has 0 N–H and O–H groups in total. The van der Waals surface area contributed by atoms with Gasteiger partial charge in [-0.2, -0.15) is 0 Å². The lowest BCUT2D eigenvalue weighted by Crippen LogP contribution is -2.45. The minimum atomic E-state index is -1.76. The molecule has 0 atom stereocenters. The van der Waals surface area contributed by atoms with E-state index in [9.17, 15) is 0 Å². The van der Waals surface area contributed by atoms with Crippen molar-refractivity contribution in [1.82, 2.24) is 0 Å². The lowest BCUT2D eigenvalue weighted by Gasteiger charge is -2.31. The topological polar surface area (TPSA) is 9.23 Å². The average molecular weight is 321 g/mol. The highest BCUT2D eigenvalue weighted by molar-refractivity contribution is 6.96. The summed E-state index contributed by atoms with van der Waals surface area (Å²) >= 11 is 6.43. The summed E-state index contributed by atoms with van der Waals surface area (Å²) in [6.07, 6.45) is 7.71. The van der Waals surface area contributed by atoms with Crippen LogP contribution in [0.1, 0.15) is 32.8 Å². The highest BCUT2D eigenvalue weighted by atomic mass is 35.5. The zero-order chi connectivity index (χ0) is 15.8. The third-order valence-electron chi connectivity index (χ3n) is 4.31. The average Bonchev–Trinajstić information content (AvgIpc) is 2.91. The molecule has 114 valence electrons. The molecule has 0 spiro atoms. The van der Waals surface area contributed by atoms with Crippen molar-refractivity contribution in [3.05, 3.63) is 46.1 Å². The van der Waals surface area contributed by atoms with Crippen LogP contribution in [-0.2, 0) is 5.41 Å². The number of methoxy groups -OCH3 is 1. The van der Waals surface area contributed by atoms with Gasteiger partial charge in [0.25, 0.3) is 0 Å². The van der Waals surface area contributed by atoms with E-state index < -0.39 is 8.07 Å². The van der Waals surface area contributed by atoms with Crippen LogP contribution in [0.25, 0.3) is 0 Å². The minimum Gasteiger partial charge on any atom is -0.497 e. The second kappa shape index (κ2) is 5.66. The van der Waals surface area contributed by atoms with Gasteiger partial charge in [0.2, 0.25) is 0 Å². The predicted molar refractivity (Wildman–Crippen MR) is 95.7 cm³/mol. The monoisotopic (exact) mass is 320 g/mol. The first-order chi connectivity index (χ1) is 9.67. The van der Waals surface area contributed by atoms with Crippen LogP contribution in [-0.4, -0.2) is 15.2 Å². The van der Waals surface area contributed by atoms with Crippen molar-refractivity contribution >= 4 is 24.9 Å². The molecular formula is C18H25ClOSi. The van der Waals surface area contributed by atoms with Gasteiger partial charge < -0.3 is 4.74 Å². The zero-order valence-corrected chi connectivity index (χ0v) is 15.6. The summed E-state index contributed by atoms with van der Waals surface area (Å²) in [6.45, 7) is 11.4. The number of hydrogen-bond donors (Lipinski definition) is 0. The Morgan fingerprint density at radius 1 is 1.19 bits per heavy atom. The van der Waals surface area contributed by atoms with Gasteiger partial charge >= 0.3 is 0 Å². The van der Waals surface area contributed by atoms with Gasteiger partial charge in [0.15, 0.2) is 0 Å². The normalized spacial score (nSPS) is 15.3. The number of allylic oxidation sites excluding steroid dienone is 4. The van der Waals surface area contributed by atoms with Crippen LogP contribution in [0.15, 0.2) is 35.6 Å². The molecule has 2 rings (SSSR count). The van der Waals surface area contributed by atoms with E-state index in [-0.39, 0.29) is 5.41 Å². The van der Waals surface area contributed by atoms with E-state index >= 15 is 0 Å². The number of halogens is 1. The molecule has 1 nitrogen and oxygen atoms in total. The second-order valence-electron chi connectivity index (χ2n) is 7.23. The van der Waals surface area contributed by atoms with E-state index in [1.807, 2.05) is 0 Å². The first-order valence-corrected chi connectivity index (χ1v) is 10.8. The van der Waals surface area contributed by atoms with Crippen LogP contribution < -0.4 is 9.92 Å². The van der Waals surface area contributed by atoms with E-state index in [0.717, 1.165) is 17.2 Å². The summed E-state index contributed by atoms with van der Waals surface area (Å²) in [5.41, 5.74) is 1.21. The summed E-state index contributed by atoms with van der Waals surface area (Å²) in [5.74, 6) is 1.02. The Balaban J connectivity index is 2.66. The zero-order valence-electron chi connectivity index (χ0n) is 13.9. The Hall–Kier alpha value is -0.993. The Bertz CT molecular complexity index is 606. The van der Waals surface area contributed by atoms with Crippen LogP contribution >= 0.6 is 11.6 Å². The summed E-state index contributed by atoms with van der Waals surface area (Å²) in [6, 6.07) is 4.16. The van der Waals surface area contributed by atoms with Gasteiger partial charge in [0.1, 0.15) is 13.8 Å². The third kappa shape index (κ3) is 3.12. The molecule has 3 heteroatoms. The van der Waals surface area contributed by atoms with E-state index in [2.05, 4.69) is 64.2 Å². The van der Waals surface area contributed by atoms with Crippen molar-refractivity contribution in [2.45, 2.75) is 45.7 Å². The van der Waals surface area contributed by atoms with Gasteiger partial charge in [0, 0.05) is 10.6 Å². The molecule has 0 bridgehead atoms. The maximum Gasteiger partial charge on any atom is 0.122 e. The Kier molecular flexibility index (Phi) is 4.41. The third-order valence-corrected chi connectivity index (χ3v) is 8.23. The molecule has 0 amide bonds. The van der Waals surface area contributed by atoms with E-state index in [0.29, 0.717) is 0 Å². The lowest BCUT2D eigenvalue weighted by atomic mass is 9.86. The molecule has 1 aliphatic rings. The molecule has 0 radical (unpaired) electrons. The van der Waals surface area contributed by atoms with Gasteiger partial charge in [-0.15, -0.1) is 0 Å². The number of ether oxygens (including phenoxy) is 1. The summed E-state index contributed by atoms with van der Waals surface area (Å²) < 4.78 is 5.83. The second-order valence-corrected chi connectivity index (χ2v) is 12.1. The standard InChI is InChI=1S/C18H25ClOSi/c1-18(2,3)15-11-13(19)12-16(17(15)20-4)21(5,6)14-9-7-8-10-14/h7-9,11-12H,10H2,1-6H3. The number of hydrogen-bond acceptors (Lipinski definition) is 1. The summed E-state index contributed by atoms with van der Waals surface area (Å²) in [7, 11) is 0.00727. The Morgan fingerprint density at radius 2 is 1.86 bits per heavy atom. The molecule has 0 saturated heterocycles. The van der Waals surface area contributed by atoms with Gasteiger partial charge in [-0.1, -0.05) is 68.9 Å². The van der Waals surface area contributed by atoms with Gasteiger partial charge in [-0.3, -0.25) is 0 Å². The van der Waals surface area contributed by atoms with Gasteiger partial charge in [0.05, 0.1) is 7.11 Å². The molecular weight excluding hydrogens is 296 g/mol. The molecule has 0 saturated carbocycles. The molecule has 1 aromatic carbocycles. The van der Waals surface area contributed by atoms with Crippen LogP contribution in [0, 0.1) is 0 Å². The van der Waals surface area contributed by atoms with Crippen molar-refractivity contribution in [1.29, 1.82) is 0 Å². The van der Waals surface area contributed by atoms with Crippen LogP contribution in [0.3, 0.4) is 0 Å². The largest absolute Gasteiger partial charge is 0.497 e. The van der Waals surface area contributed by atoms with E-state index in [1.54, 1.807) is 7.11 Å². The lowest BCUT2D eigenvalue weighted by molar-refractivity contribution is 0.400. The highest BCUT2D eigenvalue weighted by Gasteiger charge is 2.34. The van der Waals surface area contributed by atoms with E-state index in [1.165, 1.54) is 15.9 Å². The SMILES string of the molecule is COc1c(C(C)(C)C)cc(Cl)cc1[Si](C)(C)C1=CC=CC1. The van der Waals surface area contributed by atoms with Crippen molar-refractivity contribution in [3.8, 4) is 5.75 Å². The van der Waals surface area contributed by atoms with E-state index in [4.69, 9.17) is 16.3 Å². The maximum absolute atomic E-state index is 6.43. The first kappa shape index (κ1) is 16.4. The fourth-order valence-electron chi connectivity index (χ4n) is 2.92. The maximum atomic E-state index is 6.43. The van der Waals surface area contributed by atoms with Crippen LogP contribution in [0.2, 0.25) is 18.1 Å². The number of benzene rings is 1. The fourth-order valence-corrected chi connectivity index (χ4v) is 6.04. The quantitative estimate of drug-likeness (QED) is 0.713. The first-order valence-electron chi connectivity index (χ1n) is 7.42. The molecule has 0 heterocycles. The Labute approximate surface area is 134 Å². The number of rotatable bonds is 3. The minimum absolute atomic E-state index is 0.0117. The van der Waals surface area contributed by atoms with Crippen molar-refractivity contribution in [3.63, 3.8) is 0 Å². The summed E-state index contributed by atoms with van der Waals surface area (Å²) in [5, 5.41) is 3.64. The Morgan fingerprint density at radius 3 is 2.33 bits per heavy atom. The van der Waals surface area contributed by atoms with Gasteiger partial charge in [-0.05, 0) is 29.2 Å². The predicted octanol–water partition coefficient (Wildman–Crippen LogP) is 4.99. The molecule has 0 aromatic heterocycles. The van der Waals surface area contributed by atoms with Crippen LogP contribution in [0.5, 0.6) is 5.75 Å². The fraction of sp³-hybridized carbons (Fsp3) is 0.444. The van der Waals surface area contributed by atoms with Crippen molar-refractivity contribution in [2.24, 2.45) is 0 Å². The molecule has 1 aliphatic carbocycles.